The molecule has 0 radical (unpaired) electrons. The Kier molecular flexibility index (Phi) is 4.41. The summed E-state index contributed by atoms with van der Waals surface area (Å²) in [5, 5.41) is -1.48. The van der Waals surface area contributed by atoms with E-state index < -0.39 is 32.8 Å². The van der Waals surface area contributed by atoms with Crippen LogP contribution in [0.1, 0.15) is 19.3 Å². The Bertz CT molecular complexity index is 668. The molecule has 114 valence electrons. The lowest BCUT2D eigenvalue weighted by atomic mass is 10.0. The van der Waals surface area contributed by atoms with Crippen LogP contribution in [0.5, 0.6) is 0 Å². The zero-order valence-electron chi connectivity index (χ0n) is 11.4. The van der Waals surface area contributed by atoms with Gasteiger partial charge in [-0.25, -0.2) is 12.8 Å². The minimum atomic E-state index is -4.11. The van der Waals surface area contributed by atoms with Crippen LogP contribution in [-0.2, 0) is 24.2 Å². The van der Waals surface area contributed by atoms with Crippen molar-refractivity contribution in [3.05, 3.63) is 30.1 Å². The molecule has 5 nitrogen and oxygen atoms in total. The standard InChI is InChI=1S/C14H15FO5S/c1-20-14(17)13(9-5-6-11(16)7-9)21(18,19)12-4-2-3-10(15)8-12/h2-4,8-9,13H,5-7H2,1H3. The van der Waals surface area contributed by atoms with Gasteiger partial charge in [0.25, 0.3) is 0 Å². The molecule has 2 atom stereocenters. The summed E-state index contributed by atoms with van der Waals surface area (Å²) in [6, 6.07) is 4.47. The molecule has 1 aliphatic rings. The first-order chi connectivity index (χ1) is 9.86. The highest BCUT2D eigenvalue weighted by molar-refractivity contribution is 7.92. The van der Waals surface area contributed by atoms with Crippen molar-refractivity contribution in [3.8, 4) is 0 Å². The summed E-state index contributed by atoms with van der Waals surface area (Å²) in [7, 11) is -3.02. The van der Waals surface area contributed by atoms with Crippen LogP contribution < -0.4 is 0 Å². The maximum atomic E-state index is 13.2. The summed E-state index contributed by atoms with van der Waals surface area (Å²) < 4.78 is 43.0. The van der Waals surface area contributed by atoms with Gasteiger partial charge in [-0.05, 0) is 30.5 Å². The Morgan fingerprint density at radius 3 is 2.67 bits per heavy atom. The molecule has 7 heteroatoms. The van der Waals surface area contributed by atoms with Crippen molar-refractivity contribution in [3.63, 3.8) is 0 Å². The maximum Gasteiger partial charge on any atom is 0.324 e. The maximum absolute atomic E-state index is 13.2. The molecule has 1 aromatic rings. The molecule has 0 bridgehead atoms. The molecule has 1 aromatic carbocycles. The molecule has 21 heavy (non-hydrogen) atoms. The fraction of sp³-hybridized carbons (Fsp3) is 0.429. The Hall–Kier alpha value is -1.76. The molecule has 1 fully saturated rings. The molecule has 0 heterocycles. The van der Waals surface area contributed by atoms with Crippen LogP contribution in [0.25, 0.3) is 0 Å². The number of ketones is 1. The number of Topliss-reactive ketones (excluding diaryl/α,β-unsaturated/α-hetero) is 1. The minimum Gasteiger partial charge on any atom is -0.468 e. The van der Waals surface area contributed by atoms with Crippen LogP contribution in [0, 0.1) is 11.7 Å². The van der Waals surface area contributed by atoms with E-state index in [9.17, 15) is 22.4 Å². The van der Waals surface area contributed by atoms with Crippen molar-refractivity contribution < 1.29 is 27.1 Å². The van der Waals surface area contributed by atoms with Gasteiger partial charge in [-0.3, -0.25) is 9.59 Å². The second kappa shape index (κ2) is 5.93. The van der Waals surface area contributed by atoms with E-state index in [1.54, 1.807) is 0 Å². The number of halogens is 1. The fourth-order valence-corrected chi connectivity index (χ4v) is 4.51. The molecule has 2 unspecified atom stereocenters. The van der Waals surface area contributed by atoms with Crippen LogP contribution in [0.15, 0.2) is 29.2 Å². The predicted octanol–water partition coefficient (Wildman–Crippen LogP) is 1.51. The normalized spacial score (nSPS) is 20.3. The molecule has 0 N–H and O–H groups in total. The summed E-state index contributed by atoms with van der Waals surface area (Å²) in [6.45, 7) is 0. The van der Waals surface area contributed by atoms with E-state index in [4.69, 9.17) is 0 Å². The molecule has 0 saturated heterocycles. The number of carbonyl (C=O) groups is 2. The predicted molar refractivity (Wildman–Crippen MR) is 71.7 cm³/mol. The number of ether oxygens (including phenoxy) is 1. The third-order valence-electron chi connectivity index (χ3n) is 3.60. The zero-order valence-corrected chi connectivity index (χ0v) is 12.2. The first-order valence-corrected chi connectivity index (χ1v) is 8.00. The van der Waals surface area contributed by atoms with E-state index in [1.165, 1.54) is 12.1 Å². The molecule has 1 saturated carbocycles. The first-order valence-electron chi connectivity index (χ1n) is 6.45. The minimum absolute atomic E-state index is 0.0221. The average molecular weight is 314 g/mol. The SMILES string of the molecule is COC(=O)C(C1CCC(=O)C1)S(=O)(=O)c1cccc(F)c1. The number of benzene rings is 1. The number of sulfone groups is 1. The van der Waals surface area contributed by atoms with Crippen molar-refractivity contribution in [1.82, 2.24) is 0 Å². The fourth-order valence-electron chi connectivity index (χ4n) is 2.58. The van der Waals surface area contributed by atoms with Crippen LogP contribution in [0.4, 0.5) is 4.39 Å². The van der Waals surface area contributed by atoms with Gasteiger partial charge in [-0.1, -0.05) is 6.07 Å². The summed E-state index contributed by atoms with van der Waals surface area (Å²) in [6.07, 6.45) is 0.582. The lowest BCUT2D eigenvalue weighted by Crippen LogP contribution is -2.37. The number of rotatable bonds is 4. The van der Waals surface area contributed by atoms with Crippen molar-refractivity contribution in [1.29, 1.82) is 0 Å². The second-order valence-electron chi connectivity index (χ2n) is 4.99. The third kappa shape index (κ3) is 3.12. The van der Waals surface area contributed by atoms with Crippen LogP contribution in [0.3, 0.4) is 0 Å². The van der Waals surface area contributed by atoms with Gasteiger partial charge in [-0.15, -0.1) is 0 Å². The van der Waals surface area contributed by atoms with Gasteiger partial charge in [0.2, 0.25) is 0 Å². The van der Waals surface area contributed by atoms with E-state index in [0.717, 1.165) is 19.2 Å². The largest absolute Gasteiger partial charge is 0.468 e. The van der Waals surface area contributed by atoms with E-state index in [1.807, 2.05) is 0 Å². The highest BCUT2D eigenvalue weighted by atomic mass is 32.2. The van der Waals surface area contributed by atoms with Gasteiger partial charge in [0.05, 0.1) is 12.0 Å². The lowest BCUT2D eigenvalue weighted by Gasteiger charge is -2.20. The van der Waals surface area contributed by atoms with Crippen molar-refractivity contribution >= 4 is 21.6 Å². The van der Waals surface area contributed by atoms with E-state index in [2.05, 4.69) is 4.74 Å². The molecular formula is C14H15FO5S. The molecule has 0 aliphatic heterocycles. The van der Waals surface area contributed by atoms with Gasteiger partial charge < -0.3 is 4.74 Å². The molecular weight excluding hydrogens is 299 g/mol. The first kappa shape index (κ1) is 15.6. The van der Waals surface area contributed by atoms with Gasteiger partial charge in [-0.2, -0.15) is 0 Å². The van der Waals surface area contributed by atoms with E-state index >= 15 is 0 Å². The monoisotopic (exact) mass is 314 g/mol. The molecule has 2 rings (SSSR count). The highest BCUT2D eigenvalue weighted by Crippen LogP contribution is 2.33. The summed E-state index contributed by atoms with van der Waals surface area (Å²) >= 11 is 0. The van der Waals surface area contributed by atoms with Crippen molar-refractivity contribution in [2.24, 2.45) is 5.92 Å². The number of esters is 1. The molecule has 0 spiro atoms. The van der Waals surface area contributed by atoms with E-state index in [-0.39, 0.29) is 23.5 Å². The van der Waals surface area contributed by atoms with Gasteiger partial charge in [0, 0.05) is 12.8 Å². The Labute approximate surface area is 122 Å². The van der Waals surface area contributed by atoms with Crippen molar-refractivity contribution in [2.75, 3.05) is 7.11 Å². The zero-order chi connectivity index (χ0) is 15.6. The van der Waals surface area contributed by atoms with Gasteiger partial charge >= 0.3 is 5.97 Å². The number of methoxy groups -OCH3 is 1. The Balaban J connectivity index is 2.44. The summed E-state index contributed by atoms with van der Waals surface area (Å²) in [5.74, 6) is -2.33. The van der Waals surface area contributed by atoms with E-state index in [0.29, 0.717) is 6.42 Å². The number of hydrogen-bond acceptors (Lipinski definition) is 5. The lowest BCUT2D eigenvalue weighted by molar-refractivity contribution is -0.141. The summed E-state index contributed by atoms with van der Waals surface area (Å²) in [5.41, 5.74) is 0. The molecule has 0 aromatic heterocycles. The highest BCUT2D eigenvalue weighted by Gasteiger charge is 2.44. The number of hydrogen-bond donors (Lipinski definition) is 0. The Morgan fingerprint density at radius 2 is 2.14 bits per heavy atom. The quantitative estimate of drug-likeness (QED) is 0.787. The molecule has 1 aliphatic carbocycles. The van der Waals surface area contributed by atoms with Gasteiger partial charge in [0.15, 0.2) is 15.1 Å². The van der Waals surface area contributed by atoms with Gasteiger partial charge in [0.1, 0.15) is 11.6 Å². The van der Waals surface area contributed by atoms with Crippen LogP contribution >= 0.6 is 0 Å². The van der Waals surface area contributed by atoms with Crippen LogP contribution in [-0.4, -0.2) is 32.5 Å². The Morgan fingerprint density at radius 1 is 1.43 bits per heavy atom. The number of carbonyl (C=O) groups excluding carboxylic acids is 2. The molecule has 0 amide bonds. The summed E-state index contributed by atoms with van der Waals surface area (Å²) in [4.78, 5) is 23.0. The topological polar surface area (TPSA) is 77.5 Å². The van der Waals surface area contributed by atoms with Crippen LogP contribution in [0.2, 0.25) is 0 Å². The second-order valence-corrected chi connectivity index (χ2v) is 7.06. The van der Waals surface area contributed by atoms with Crippen molar-refractivity contribution in [2.45, 2.75) is 29.4 Å². The third-order valence-corrected chi connectivity index (χ3v) is 5.76. The smallest absolute Gasteiger partial charge is 0.324 e. The average Bonchev–Trinajstić information content (AvgIpc) is 2.84.